The fraction of sp³-hybridized carbons (Fsp3) is 0.0769. The number of fused-ring (bicyclic) bond motifs is 3. The molecule has 0 saturated carbocycles. The fourth-order valence-electron chi connectivity index (χ4n) is 3.48. The van der Waals surface area contributed by atoms with Crippen LogP contribution < -0.4 is 9.47 Å². The Hall–Kier alpha value is -3.72. The summed E-state index contributed by atoms with van der Waals surface area (Å²) in [5, 5.41) is 2.02. The molecule has 29 heavy (non-hydrogen) atoms. The summed E-state index contributed by atoms with van der Waals surface area (Å²) in [7, 11) is 0. The Labute approximate surface area is 169 Å². The molecule has 3 nitrogen and oxygen atoms in total. The molecule has 0 N–H and O–H groups in total. The molecule has 0 atom stereocenters. The third-order valence-corrected chi connectivity index (χ3v) is 5.01. The molecule has 5 rings (SSSR count). The maximum absolute atomic E-state index is 6.11. The van der Waals surface area contributed by atoms with Gasteiger partial charge in [-0.15, -0.1) is 0 Å². The number of hydrogen-bond donors (Lipinski definition) is 0. The summed E-state index contributed by atoms with van der Waals surface area (Å²) in [6.07, 6.45) is 0. The van der Waals surface area contributed by atoms with E-state index in [2.05, 4.69) is 0 Å². The minimum Gasteiger partial charge on any atom is -0.457 e. The number of ether oxygens (including phenoxy) is 2. The Morgan fingerprint density at radius 3 is 1.38 bits per heavy atom. The first kappa shape index (κ1) is 17.4. The highest BCUT2D eigenvalue weighted by Crippen LogP contribution is 2.38. The molecule has 3 heteroatoms. The van der Waals surface area contributed by atoms with E-state index in [1.54, 1.807) is 0 Å². The third-order valence-electron chi connectivity index (χ3n) is 5.01. The second-order valence-electron chi connectivity index (χ2n) is 7.16. The van der Waals surface area contributed by atoms with Gasteiger partial charge >= 0.3 is 0 Å². The van der Waals surface area contributed by atoms with Crippen LogP contribution in [-0.2, 0) is 0 Å². The minimum absolute atomic E-state index is 0.812. The van der Waals surface area contributed by atoms with Crippen LogP contribution in [0.4, 0.5) is 0 Å². The Morgan fingerprint density at radius 1 is 0.552 bits per heavy atom. The molecule has 142 valence electrons. The average Bonchev–Trinajstić information content (AvgIpc) is 3.06. The molecule has 0 fully saturated rings. The first-order chi connectivity index (χ1) is 14.2. The highest BCUT2D eigenvalue weighted by Gasteiger charge is 2.14. The van der Waals surface area contributed by atoms with Crippen LogP contribution in [0.3, 0.4) is 0 Å². The maximum atomic E-state index is 6.11. The zero-order valence-corrected chi connectivity index (χ0v) is 16.3. The van der Waals surface area contributed by atoms with Gasteiger partial charge in [0.2, 0.25) is 0 Å². The van der Waals surface area contributed by atoms with Crippen molar-refractivity contribution in [2.75, 3.05) is 0 Å². The standard InChI is InChI=1S/C26H20O3/c1-17-13-25-21(15-23(17)27-19-9-5-3-6-10-19)22-16-24(18(2)14-26(22)29-25)28-20-11-7-4-8-12-20/h3-16H,1-2H3. The van der Waals surface area contributed by atoms with E-state index >= 15 is 0 Å². The summed E-state index contributed by atoms with van der Waals surface area (Å²) in [5.41, 5.74) is 3.74. The SMILES string of the molecule is Cc1cc2oc3cc(C)c(Oc4ccccc4)cc3c2cc1Oc1ccccc1. The predicted octanol–water partition coefficient (Wildman–Crippen LogP) is 7.79. The molecule has 0 bridgehead atoms. The molecular formula is C26H20O3. The van der Waals surface area contributed by atoms with Crippen molar-refractivity contribution in [3.05, 3.63) is 96.1 Å². The van der Waals surface area contributed by atoms with Gasteiger partial charge in [-0.05, 0) is 73.5 Å². The first-order valence-corrected chi connectivity index (χ1v) is 9.61. The smallest absolute Gasteiger partial charge is 0.135 e. The van der Waals surface area contributed by atoms with Crippen molar-refractivity contribution < 1.29 is 13.9 Å². The van der Waals surface area contributed by atoms with Crippen molar-refractivity contribution >= 4 is 21.9 Å². The van der Waals surface area contributed by atoms with Crippen molar-refractivity contribution in [2.45, 2.75) is 13.8 Å². The third kappa shape index (κ3) is 3.32. The van der Waals surface area contributed by atoms with E-state index in [9.17, 15) is 0 Å². The summed E-state index contributed by atoms with van der Waals surface area (Å²) in [6.45, 7) is 4.06. The molecule has 0 unspecified atom stereocenters. The number of rotatable bonds is 4. The molecule has 0 saturated heterocycles. The van der Waals surface area contributed by atoms with Gasteiger partial charge in [-0.3, -0.25) is 0 Å². The molecule has 0 aliphatic heterocycles. The Morgan fingerprint density at radius 2 is 0.966 bits per heavy atom. The Kier molecular flexibility index (Phi) is 4.21. The Balaban J connectivity index is 1.61. The lowest BCUT2D eigenvalue weighted by Crippen LogP contribution is -1.88. The van der Waals surface area contributed by atoms with Crippen molar-refractivity contribution in [1.29, 1.82) is 0 Å². The average molecular weight is 380 g/mol. The molecule has 0 aliphatic carbocycles. The van der Waals surface area contributed by atoms with Crippen molar-refractivity contribution in [3.63, 3.8) is 0 Å². The van der Waals surface area contributed by atoms with Crippen LogP contribution in [0.5, 0.6) is 23.0 Å². The van der Waals surface area contributed by atoms with Crippen LogP contribution in [0, 0.1) is 13.8 Å². The van der Waals surface area contributed by atoms with E-state index in [1.165, 1.54) is 0 Å². The quantitative estimate of drug-likeness (QED) is 0.319. The number of furan rings is 1. The highest BCUT2D eigenvalue weighted by molar-refractivity contribution is 6.06. The molecule has 0 amide bonds. The van der Waals surface area contributed by atoms with Crippen molar-refractivity contribution in [2.24, 2.45) is 0 Å². The van der Waals surface area contributed by atoms with Gasteiger partial charge in [0.1, 0.15) is 34.2 Å². The van der Waals surface area contributed by atoms with Gasteiger partial charge in [-0.25, -0.2) is 0 Å². The molecule has 5 aromatic rings. The lowest BCUT2D eigenvalue weighted by molar-refractivity contribution is 0.479. The topological polar surface area (TPSA) is 31.6 Å². The largest absolute Gasteiger partial charge is 0.457 e. The van der Waals surface area contributed by atoms with Crippen LogP contribution in [0.2, 0.25) is 0 Å². The fourth-order valence-corrected chi connectivity index (χ4v) is 3.48. The number of para-hydroxylation sites is 2. The van der Waals surface area contributed by atoms with E-state index in [4.69, 9.17) is 13.9 Å². The van der Waals surface area contributed by atoms with Gasteiger partial charge in [0.15, 0.2) is 0 Å². The number of aryl methyl sites for hydroxylation is 2. The van der Waals surface area contributed by atoms with E-state index in [0.717, 1.165) is 56.1 Å². The summed E-state index contributed by atoms with van der Waals surface area (Å²) >= 11 is 0. The van der Waals surface area contributed by atoms with E-state index in [-0.39, 0.29) is 0 Å². The van der Waals surface area contributed by atoms with Crippen LogP contribution in [0.15, 0.2) is 89.3 Å². The number of hydrogen-bond acceptors (Lipinski definition) is 3. The summed E-state index contributed by atoms with van der Waals surface area (Å²) in [6, 6.07) is 27.8. The maximum Gasteiger partial charge on any atom is 0.135 e. The first-order valence-electron chi connectivity index (χ1n) is 9.61. The van der Waals surface area contributed by atoms with E-state index < -0.39 is 0 Å². The zero-order valence-electron chi connectivity index (χ0n) is 16.3. The van der Waals surface area contributed by atoms with Crippen LogP contribution in [0.1, 0.15) is 11.1 Å². The monoisotopic (exact) mass is 380 g/mol. The lowest BCUT2D eigenvalue weighted by atomic mass is 10.1. The summed E-state index contributed by atoms with van der Waals surface area (Å²) < 4.78 is 18.3. The predicted molar refractivity (Wildman–Crippen MR) is 116 cm³/mol. The van der Waals surface area contributed by atoms with Gasteiger partial charge in [0.05, 0.1) is 0 Å². The summed E-state index contributed by atoms with van der Waals surface area (Å²) in [4.78, 5) is 0. The van der Waals surface area contributed by atoms with Gasteiger partial charge < -0.3 is 13.9 Å². The molecule has 4 aromatic carbocycles. The molecule has 0 radical (unpaired) electrons. The van der Waals surface area contributed by atoms with Crippen LogP contribution in [-0.4, -0.2) is 0 Å². The molecule has 1 heterocycles. The van der Waals surface area contributed by atoms with Gasteiger partial charge in [0, 0.05) is 10.8 Å². The lowest BCUT2D eigenvalue weighted by Gasteiger charge is -2.09. The minimum atomic E-state index is 0.812. The second-order valence-corrected chi connectivity index (χ2v) is 7.16. The molecule has 0 spiro atoms. The van der Waals surface area contributed by atoms with Crippen molar-refractivity contribution in [1.82, 2.24) is 0 Å². The summed E-state index contributed by atoms with van der Waals surface area (Å²) in [5.74, 6) is 3.26. The van der Waals surface area contributed by atoms with E-state index in [1.807, 2.05) is 98.8 Å². The van der Waals surface area contributed by atoms with Gasteiger partial charge in [-0.1, -0.05) is 36.4 Å². The van der Waals surface area contributed by atoms with Gasteiger partial charge in [0.25, 0.3) is 0 Å². The van der Waals surface area contributed by atoms with Crippen LogP contribution in [0.25, 0.3) is 21.9 Å². The molecule has 1 aromatic heterocycles. The van der Waals surface area contributed by atoms with Gasteiger partial charge in [-0.2, -0.15) is 0 Å². The highest BCUT2D eigenvalue weighted by atomic mass is 16.5. The number of benzene rings is 4. The second kappa shape index (κ2) is 7.02. The van der Waals surface area contributed by atoms with E-state index in [0.29, 0.717) is 0 Å². The van der Waals surface area contributed by atoms with Crippen molar-refractivity contribution in [3.8, 4) is 23.0 Å². The Bertz CT molecular complexity index is 1200. The van der Waals surface area contributed by atoms with Crippen LogP contribution >= 0.6 is 0 Å². The normalized spacial score (nSPS) is 11.1. The molecule has 0 aliphatic rings. The molecular weight excluding hydrogens is 360 g/mol. The zero-order chi connectivity index (χ0) is 19.8.